The average Bonchev–Trinajstić information content (AvgIpc) is 2.98. The van der Waals surface area contributed by atoms with Crippen LogP contribution in [0.25, 0.3) is 0 Å². The van der Waals surface area contributed by atoms with E-state index in [0.717, 1.165) is 44.3 Å². The monoisotopic (exact) mass is 407 g/mol. The van der Waals surface area contributed by atoms with E-state index in [9.17, 15) is 9.59 Å². The maximum absolute atomic E-state index is 12.8. The summed E-state index contributed by atoms with van der Waals surface area (Å²) in [4.78, 5) is 29.0. The minimum absolute atomic E-state index is 0.0224. The molecular weight excluding hydrogens is 374 g/mol. The van der Waals surface area contributed by atoms with Gasteiger partial charge in [0.15, 0.2) is 0 Å². The van der Waals surface area contributed by atoms with Gasteiger partial charge in [0.25, 0.3) is 5.91 Å². The number of nitrogens with one attached hydrogen (secondary N) is 2. The van der Waals surface area contributed by atoms with Gasteiger partial charge in [-0.2, -0.15) is 0 Å². The molecule has 2 N–H and O–H groups in total. The molecule has 0 radical (unpaired) electrons. The number of hydrogen-bond donors (Lipinski definition) is 2. The highest BCUT2D eigenvalue weighted by Gasteiger charge is 2.28. The first-order chi connectivity index (χ1) is 13.5. The van der Waals surface area contributed by atoms with E-state index in [-0.39, 0.29) is 11.8 Å². The van der Waals surface area contributed by atoms with Crippen molar-refractivity contribution in [1.82, 2.24) is 10.2 Å². The molecule has 3 rings (SSSR count). The van der Waals surface area contributed by atoms with E-state index in [1.54, 1.807) is 18.4 Å². The number of carbonyl (C=O) groups is 2. The first kappa shape index (κ1) is 21.3. The summed E-state index contributed by atoms with van der Waals surface area (Å²) in [5.41, 5.74) is 1.80. The number of amides is 2. The normalized spacial score (nSPS) is 22.5. The van der Waals surface area contributed by atoms with Crippen molar-refractivity contribution in [2.24, 2.45) is 11.8 Å². The van der Waals surface area contributed by atoms with Crippen LogP contribution >= 0.6 is 11.3 Å². The zero-order valence-corrected chi connectivity index (χ0v) is 18.1. The lowest BCUT2D eigenvalue weighted by molar-refractivity contribution is -0.117. The van der Waals surface area contributed by atoms with Crippen LogP contribution in [-0.2, 0) is 22.4 Å². The fraction of sp³-hybridized carbons (Fsp3) is 0.714. The van der Waals surface area contributed by atoms with Gasteiger partial charge in [0, 0.05) is 31.6 Å². The molecule has 0 saturated carbocycles. The molecule has 1 aromatic rings. The van der Waals surface area contributed by atoms with Crippen molar-refractivity contribution >= 4 is 28.2 Å². The van der Waals surface area contributed by atoms with Gasteiger partial charge in [-0.1, -0.05) is 13.8 Å². The molecule has 1 aliphatic heterocycles. The highest BCUT2D eigenvalue weighted by Crippen LogP contribution is 2.38. The number of methoxy groups -OCH3 is 1. The first-order valence-corrected chi connectivity index (χ1v) is 11.2. The second-order valence-corrected chi connectivity index (χ2v) is 9.46. The van der Waals surface area contributed by atoms with Crippen molar-refractivity contribution in [1.29, 1.82) is 0 Å². The smallest absolute Gasteiger partial charge is 0.254 e. The van der Waals surface area contributed by atoms with E-state index in [1.807, 2.05) is 0 Å². The highest BCUT2D eigenvalue weighted by atomic mass is 32.1. The lowest BCUT2D eigenvalue weighted by Gasteiger charge is -2.34. The average molecular weight is 408 g/mol. The van der Waals surface area contributed by atoms with E-state index >= 15 is 0 Å². The molecule has 156 valence electrons. The summed E-state index contributed by atoms with van der Waals surface area (Å²) in [6.07, 6.45) is 5.38. The Labute approximate surface area is 172 Å². The van der Waals surface area contributed by atoms with Gasteiger partial charge in [-0.25, -0.2) is 0 Å². The zero-order valence-electron chi connectivity index (χ0n) is 17.3. The van der Waals surface area contributed by atoms with Crippen LogP contribution in [0.15, 0.2) is 0 Å². The molecule has 0 unspecified atom stereocenters. The van der Waals surface area contributed by atoms with Crippen LogP contribution < -0.4 is 10.6 Å². The molecular formula is C21H33N3O3S. The summed E-state index contributed by atoms with van der Waals surface area (Å²) in [6.45, 7) is 7.75. The lowest BCUT2D eigenvalue weighted by atomic mass is 9.92. The van der Waals surface area contributed by atoms with Crippen LogP contribution in [-0.4, -0.2) is 56.6 Å². The van der Waals surface area contributed by atoms with Crippen molar-refractivity contribution in [3.63, 3.8) is 0 Å². The summed E-state index contributed by atoms with van der Waals surface area (Å²) in [6, 6.07) is 0. The molecule has 1 aliphatic carbocycles. The molecule has 1 aromatic heterocycles. The molecule has 2 heterocycles. The van der Waals surface area contributed by atoms with Gasteiger partial charge in [0.2, 0.25) is 5.91 Å². The molecule has 28 heavy (non-hydrogen) atoms. The number of nitrogens with zero attached hydrogens (tertiary/aromatic N) is 1. The number of fused-ring (bicyclic) bond motifs is 1. The van der Waals surface area contributed by atoms with Gasteiger partial charge in [-0.3, -0.25) is 14.5 Å². The third-order valence-corrected chi connectivity index (χ3v) is 6.76. The van der Waals surface area contributed by atoms with E-state index in [4.69, 9.17) is 4.74 Å². The van der Waals surface area contributed by atoms with Crippen molar-refractivity contribution in [3.05, 3.63) is 16.0 Å². The van der Waals surface area contributed by atoms with E-state index in [2.05, 4.69) is 29.4 Å². The summed E-state index contributed by atoms with van der Waals surface area (Å²) in [5.74, 6) is 1.11. The Morgan fingerprint density at radius 3 is 2.61 bits per heavy atom. The molecule has 2 aliphatic rings. The van der Waals surface area contributed by atoms with Crippen LogP contribution in [0.4, 0.5) is 5.00 Å². The van der Waals surface area contributed by atoms with Gasteiger partial charge in [-0.05, 0) is 49.5 Å². The molecule has 7 heteroatoms. The predicted octanol–water partition coefficient (Wildman–Crippen LogP) is 2.92. The molecule has 2 amide bonds. The third kappa shape index (κ3) is 5.33. The Morgan fingerprint density at radius 2 is 1.89 bits per heavy atom. The summed E-state index contributed by atoms with van der Waals surface area (Å²) in [5, 5.41) is 6.70. The fourth-order valence-corrected chi connectivity index (χ4v) is 5.84. The molecule has 1 saturated heterocycles. The van der Waals surface area contributed by atoms with Crippen LogP contribution in [0.3, 0.4) is 0 Å². The van der Waals surface area contributed by atoms with E-state index in [0.29, 0.717) is 42.1 Å². The summed E-state index contributed by atoms with van der Waals surface area (Å²) < 4.78 is 5.03. The number of carbonyl (C=O) groups excluding carboxylic acids is 2. The Bertz CT molecular complexity index is 693. The van der Waals surface area contributed by atoms with Crippen LogP contribution in [0, 0.1) is 11.8 Å². The second kappa shape index (κ2) is 9.85. The minimum Gasteiger partial charge on any atom is -0.383 e. The second-order valence-electron chi connectivity index (χ2n) is 8.35. The molecule has 6 nitrogen and oxygen atoms in total. The number of likely N-dealkylation sites (tertiary alicyclic amines) is 1. The standard InChI is InChI=1S/C21H33N3O3S/c1-14-10-15(2)12-24(11-14)13-18(25)23-21-19(20(26)22-8-9-27-3)16-6-4-5-7-17(16)28-21/h14-15H,4-13H2,1-3H3,(H,22,26)(H,23,25)/t14-,15-/m0/s1. The Kier molecular flexibility index (Phi) is 7.48. The molecule has 0 aromatic carbocycles. The van der Waals surface area contributed by atoms with Crippen molar-refractivity contribution in [2.45, 2.75) is 46.0 Å². The van der Waals surface area contributed by atoms with E-state index < -0.39 is 0 Å². The zero-order chi connectivity index (χ0) is 20.1. The topological polar surface area (TPSA) is 70.7 Å². The Balaban J connectivity index is 1.70. The van der Waals surface area contributed by atoms with Gasteiger partial charge in [0.05, 0.1) is 18.7 Å². The number of hydrogen-bond acceptors (Lipinski definition) is 5. The Morgan fingerprint density at radius 1 is 1.18 bits per heavy atom. The van der Waals surface area contributed by atoms with Crippen LogP contribution in [0.1, 0.15) is 53.9 Å². The molecule has 2 atom stereocenters. The van der Waals surface area contributed by atoms with Gasteiger partial charge in [0.1, 0.15) is 5.00 Å². The number of ether oxygens (including phenoxy) is 1. The summed E-state index contributed by atoms with van der Waals surface area (Å²) >= 11 is 1.58. The predicted molar refractivity (Wildman–Crippen MR) is 113 cm³/mol. The van der Waals surface area contributed by atoms with Gasteiger partial charge >= 0.3 is 0 Å². The molecule has 1 fully saturated rings. The fourth-order valence-electron chi connectivity index (χ4n) is 4.54. The van der Waals surface area contributed by atoms with Gasteiger partial charge < -0.3 is 15.4 Å². The van der Waals surface area contributed by atoms with Crippen LogP contribution in [0.5, 0.6) is 0 Å². The number of anilines is 1. The quantitative estimate of drug-likeness (QED) is 0.682. The molecule has 0 bridgehead atoms. The molecule has 0 spiro atoms. The maximum Gasteiger partial charge on any atom is 0.254 e. The number of aryl methyl sites for hydroxylation is 1. The Hall–Kier alpha value is -1.44. The number of thiophene rings is 1. The SMILES string of the molecule is COCCNC(=O)c1c(NC(=O)CN2C[C@@H](C)C[C@H](C)C2)sc2c1CCCC2. The highest BCUT2D eigenvalue weighted by molar-refractivity contribution is 7.17. The maximum atomic E-state index is 12.8. The number of rotatable bonds is 7. The van der Waals surface area contributed by atoms with Gasteiger partial charge in [-0.15, -0.1) is 11.3 Å². The lowest BCUT2D eigenvalue weighted by Crippen LogP contribution is -2.42. The van der Waals surface area contributed by atoms with E-state index in [1.165, 1.54) is 11.3 Å². The third-order valence-electron chi connectivity index (χ3n) is 5.55. The van der Waals surface area contributed by atoms with Crippen molar-refractivity contribution in [2.75, 3.05) is 45.2 Å². The number of piperidine rings is 1. The van der Waals surface area contributed by atoms with Crippen LogP contribution in [0.2, 0.25) is 0 Å². The van der Waals surface area contributed by atoms with Crippen molar-refractivity contribution < 1.29 is 14.3 Å². The van der Waals surface area contributed by atoms with Crippen molar-refractivity contribution in [3.8, 4) is 0 Å². The first-order valence-electron chi connectivity index (χ1n) is 10.4. The minimum atomic E-state index is -0.105. The summed E-state index contributed by atoms with van der Waals surface area (Å²) in [7, 11) is 1.62. The largest absolute Gasteiger partial charge is 0.383 e.